The molecule has 0 amide bonds. The smallest absolute Gasteiger partial charge is 0.234 e. The first-order chi connectivity index (χ1) is 29.8. The highest BCUT2D eigenvalue weighted by molar-refractivity contribution is 6.12. The maximum absolute atomic E-state index is 8.62. The van der Waals surface area contributed by atoms with Crippen molar-refractivity contribution in [2.24, 2.45) is 0 Å². The molecule has 3 heterocycles. The minimum absolute atomic E-state index is 0.0684. The van der Waals surface area contributed by atoms with E-state index in [9.17, 15) is 0 Å². The SMILES string of the molecule is [2H]c1c([2H])c(C)c([2H])c(-c2cccc(-c3ccc(-c4cnc(-n5c6ccccc6c6cc(-c7ccc8c9ccccc9n(-c9ccccc9)c8c7)ccc65)nc4)cc3)c2)c1[2H]. The van der Waals surface area contributed by atoms with Crippen molar-refractivity contribution in [3.8, 4) is 56.1 Å². The summed E-state index contributed by atoms with van der Waals surface area (Å²) in [6.07, 6.45) is 3.74. The molecule has 57 heavy (non-hydrogen) atoms. The third-order valence-electron chi connectivity index (χ3n) is 11.0. The molecule has 0 N–H and O–H groups in total. The van der Waals surface area contributed by atoms with Gasteiger partial charge in [0.2, 0.25) is 5.95 Å². The molecule has 0 bridgehead atoms. The molecule has 0 aliphatic heterocycles. The van der Waals surface area contributed by atoms with E-state index in [0.29, 0.717) is 22.6 Å². The van der Waals surface area contributed by atoms with E-state index in [1.807, 2.05) is 60.9 Å². The molecular formula is C53H36N4. The van der Waals surface area contributed by atoms with Gasteiger partial charge in [-0.2, -0.15) is 0 Å². The van der Waals surface area contributed by atoms with Crippen LogP contribution in [0, 0.1) is 6.92 Å². The summed E-state index contributed by atoms with van der Waals surface area (Å²) >= 11 is 0. The van der Waals surface area contributed by atoms with Crippen molar-refractivity contribution in [2.45, 2.75) is 6.92 Å². The van der Waals surface area contributed by atoms with Crippen LogP contribution in [0.2, 0.25) is 0 Å². The third kappa shape index (κ3) is 5.61. The Morgan fingerprint density at radius 2 is 0.965 bits per heavy atom. The van der Waals surface area contributed by atoms with Crippen molar-refractivity contribution < 1.29 is 5.48 Å². The second-order valence-corrected chi connectivity index (χ2v) is 14.4. The largest absolute Gasteiger partial charge is 0.309 e. The van der Waals surface area contributed by atoms with Gasteiger partial charge in [0.1, 0.15) is 0 Å². The van der Waals surface area contributed by atoms with E-state index in [4.69, 9.17) is 15.5 Å². The maximum atomic E-state index is 8.62. The highest BCUT2D eigenvalue weighted by Crippen LogP contribution is 2.38. The van der Waals surface area contributed by atoms with Crippen LogP contribution in [0.25, 0.3) is 99.8 Å². The second-order valence-electron chi connectivity index (χ2n) is 14.4. The van der Waals surface area contributed by atoms with Crippen molar-refractivity contribution >= 4 is 43.6 Å². The molecule has 268 valence electrons. The lowest BCUT2D eigenvalue weighted by atomic mass is 9.97. The number of rotatable bonds is 6. The Morgan fingerprint density at radius 1 is 0.404 bits per heavy atom. The van der Waals surface area contributed by atoms with Crippen LogP contribution in [-0.4, -0.2) is 19.1 Å². The van der Waals surface area contributed by atoms with Crippen molar-refractivity contribution in [1.82, 2.24) is 19.1 Å². The Kier molecular flexibility index (Phi) is 6.74. The van der Waals surface area contributed by atoms with Crippen molar-refractivity contribution in [3.05, 3.63) is 206 Å². The number of aromatic nitrogens is 4. The van der Waals surface area contributed by atoms with Gasteiger partial charge < -0.3 is 4.57 Å². The van der Waals surface area contributed by atoms with E-state index < -0.39 is 0 Å². The zero-order chi connectivity index (χ0) is 41.4. The summed E-state index contributed by atoms with van der Waals surface area (Å²) in [7, 11) is 0. The molecule has 0 atom stereocenters. The quantitative estimate of drug-likeness (QED) is 0.171. The standard InChI is InChI=1S/C53H36N4/c1-35-11-9-12-38(29-35)40-14-10-13-39(30-40)36-21-23-37(24-22-36)43-33-54-53(55-34-43)57-50-20-8-6-18-46(50)48-31-41(26-28-51(48)57)42-25-27-47-45-17-5-7-19-49(45)56(52(47)32-42)44-15-3-2-4-16-44/h2-34H,1H3/i9D,11D,12D,29D. The fraction of sp³-hybridized carbons (Fsp3) is 0.0189. The first kappa shape index (κ1) is 28.8. The van der Waals surface area contributed by atoms with Gasteiger partial charge in [0.15, 0.2) is 0 Å². The maximum Gasteiger partial charge on any atom is 0.234 e. The minimum atomic E-state index is -0.160. The molecule has 11 aromatic rings. The van der Waals surface area contributed by atoms with E-state index in [1.54, 1.807) is 6.92 Å². The van der Waals surface area contributed by atoms with Crippen LogP contribution in [-0.2, 0) is 0 Å². The summed E-state index contributed by atoms with van der Waals surface area (Å²) < 4.78 is 38.0. The van der Waals surface area contributed by atoms with Crippen LogP contribution >= 0.6 is 0 Å². The van der Waals surface area contributed by atoms with Gasteiger partial charge in [0.25, 0.3) is 0 Å². The van der Waals surface area contributed by atoms with Gasteiger partial charge in [-0.05, 0) is 94.4 Å². The van der Waals surface area contributed by atoms with Gasteiger partial charge in [-0.1, -0.05) is 145 Å². The molecule has 4 heteroatoms. The lowest BCUT2D eigenvalue weighted by Gasteiger charge is -2.10. The predicted octanol–water partition coefficient (Wildman–Crippen LogP) is 13.6. The lowest BCUT2D eigenvalue weighted by molar-refractivity contribution is 0.990. The van der Waals surface area contributed by atoms with Gasteiger partial charge in [0.05, 0.1) is 27.5 Å². The molecule has 11 rings (SSSR count). The normalized spacial score (nSPS) is 12.6. The zero-order valence-corrected chi connectivity index (χ0v) is 31.0. The summed E-state index contributed by atoms with van der Waals surface area (Å²) in [5.74, 6) is 0.594. The topological polar surface area (TPSA) is 35.6 Å². The third-order valence-corrected chi connectivity index (χ3v) is 11.0. The number of fused-ring (bicyclic) bond motifs is 6. The monoisotopic (exact) mass is 732 g/mol. The molecule has 0 spiro atoms. The summed E-state index contributed by atoms with van der Waals surface area (Å²) in [5, 5.41) is 4.72. The summed E-state index contributed by atoms with van der Waals surface area (Å²) in [6.45, 7) is 1.66. The van der Waals surface area contributed by atoms with Crippen molar-refractivity contribution in [1.29, 1.82) is 0 Å². The predicted molar refractivity (Wildman–Crippen MR) is 237 cm³/mol. The van der Waals surface area contributed by atoms with Gasteiger partial charge in [-0.25, -0.2) is 9.97 Å². The molecule has 0 saturated carbocycles. The first-order valence-electron chi connectivity index (χ1n) is 21.1. The Bertz CT molecular complexity index is 3490. The molecule has 0 saturated heterocycles. The molecular weight excluding hydrogens is 693 g/mol. The van der Waals surface area contributed by atoms with Crippen LogP contribution in [0.1, 0.15) is 11.0 Å². The fourth-order valence-electron chi connectivity index (χ4n) is 8.25. The number of para-hydroxylation sites is 3. The van der Waals surface area contributed by atoms with E-state index in [-0.39, 0.29) is 24.2 Å². The Morgan fingerprint density at radius 3 is 1.74 bits per heavy atom. The molecule has 8 aromatic carbocycles. The van der Waals surface area contributed by atoms with Crippen LogP contribution in [0.3, 0.4) is 0 Å². The number of benzene rings is 8. The van der Waals surface area contributed by atoms with Crippen LogP contribution in [0.5, 0.6) is 0 Å². The Hall–Kier alpha value is -7.56. The summed E-state index contributed by atoms with van der Waals surface area (Å²) in [5.41, 5.74) is 13.1. The lowest BCUT2D eigenvalue weighted by Crippen LogP contribution is -2.00. The molecule has 0 unspecified atom stereocenters. The van der Waals surface area contributed by atoms with E-state index >= 15 is 0 Å². The van der Waals surface area contributed by atoms with Gasteiger partial charge >= 0.3 is 0 Å². The van der Waals surface area contributed by atoms with Crippen LogP contribution < -0.4 is 0 Å². The average Bonchev–Trinajstić information content (AvgIpc) is 3.83. The minimum Gasteiger partial charge on any atom is -0.309 e. The average molecular weight is 733 g/mol. The Labute approximate surface area is 336 Å². The molecule has 3 aromatic heterocycles. The number of hydrogen-bond acceptors (Lipinski definition) is 2. The fourth-order valence-corrected chi connectivity index (χ4v) is 8.25. The van der Waals surface area contributed by atoms with Crippen molar-refractivity contribution in [2.75, 3.05) is 0 Å². The molecule has 0 fully saturated rings. The van der Waals surface area contributed by atoms with Gasteiger partial charge in [0, 0.05) is 45.2 Å². The number of nitrogens with zero attached hydrogens (tertiary/aromatic N) is 4. The first-order valence-corrected chi connectivity index (χ1v) is 19.1. The van der Waals surface area contributed by atoms with E-state index in [1.165, 1.54) is 21.8 Å². The van der Waals surface area contributed by atoms with E-state index in [2.05, 4.69) is 124 Å². The second kappa shape index (κ2) is 13.3. The highest BCUT2D eigenvalue weighted by Gasteiger charge is 2.17. The highest BCUT2D eigenvalue weighted by atomic mass is 15.1. The molecule has 0 radical (unpaired) electrons. The number of hydrogen-bond donors (Lipinski definition) is 0. The summed E-state index contributed by atoms with van der Waals surface area (Å²) in [6, 6.07) is 56.7. The van der Waals surface area contributed by atoms with Crippen molar-refractivity contribution in [3.63, 3.8) is 0 Å². The molecule has 0 aliphatic rings. The molecule has 0 aliphatic carbocycles. The zero-order valence-electron chi connectivity index (χ0n) is 35.0. The van der Waals surface area contributed by atoms with Gasteiger partial charge in [-0.3, -0.25) is 4.57 Å². The Balaban J connectivity index is 0.926. The van der Waals surface area contributed by atoms with Crippen LogP contribution in [0.4, 0.5) is 0 Å². The summed E-state index contributed by atoms with van der Waals surface area (Å²) in [4.78, 5) is 9.84. The van der Waals surface area contributed by atoms with E-state index in [0.717, 1.165) is 60.9 Å². The molecule has 4 nitrogen and oxygen atoms in total. The van der Waals surface area contributed by atoms with Crippen LogP contribution in [0.15, 0.2) is 200 Å². The van der Waals surface area contributed by atoms with Gasteiger partial charge in [-0.15, -0.1) is 0 Å².